The number of aliphatic carboxylic acids is 1. The second-order valence-corrected chi connectivity index (χ2v) is 7.10. The lowest BCUT2D eigenvalue weighted by molar-refractivity contribution is -0.141. The quantitative estimate of drug-likeness (QED) is 0.871. The number of carbonyl (C=O) groups is 2. The van der Waals surface area contributed by atoms with E-state index in [0.29, 0.717) is 4.34 Å². The van der Waals surface area contributed by atoms with Gasteiger partial charge in [-0.25, -0.2) is 4.98 Å². The third-order valence-electron chi connectivity index (χ3n) is 3.02. The zero-order valence-electron chi connectivity index (χ0n) is 11.3. The normalized spacial score (nSPS) is 13.7. The number of amides is 1. The minimum atomic E-state index is -0.949. The molecule has 1 amide bonds. The first-order valence-corrected chi connectivity index (χ1v) is 8.20. The molecule has 2 N–H and O–H groups in total. The van der Waals surface area contributed by atoms with Crippen LogP contribution in [0.3, 0.4) is 0 Å². The van der Waals surface area contributed by atoms with E-state index in [2.05, 4.69) is 10.3 Å². The maximum Gasteiger partial charge on any atom is 0.308 e. The van der Waals surface area contributed by atoms with E-state index in [9.17, 15) is 9.59 Å². The van der Waals surface area contributed by atoms with E-state index in [4.69, 9.17) is 16.7 Å². The van der Waals surface area contributed by atoms with Crippen LogP contribution < -0.4 is 5.32 Å². The van der Waals surface area contributed by atoms with Gasteiger partial charge in [0.25, 0.3) is 5.91 Å². The van der Waals surface area contributed by atoms with Gasteiger partial charge in [-0.1, -0.05) is 11.6 Å². The van der Waals surface area contributed by atoms with Crippen LogP contribution in [0.5, 0.6) is 0 Å². The van der Waals surface area contributed by atoms with Crippen LogP contribution in [0.1, 0.15) is 24.3 Å². The minimum absolute atomic E-state index is 0.281. The van der Waals surface area contributed by atoms with Gasteiger partial charge in [0.2, 0.25) is 0 Å². The maximum absolute atomic E-state index is 12.0. The van der Waals surface area contributed by atoms with Crippen molar-refractivity contribution in [2.45, 2.75) is 19.9 Å². The number of aromatic nitrogens is 1. The van der Waals surface area contributed by atoms with Crippen LogP contribution in [0, 0.1) is 5.92 Å². The molecular formula is C13H13ClN2O3S2. The highest BCUT2D eigenvalue weighted by molar-refractivity contribution is 7.23. The molecule has 2 unspecified atom stereocenters. The van der Waals surface area contributed by atoms with E-state index >= 15 is 0 Å². The molecule has 0 aromatic carbocycles. The van der Waals surface area contributed by atoms with E-state index in [1.165, 1.54) is 22.7 Å². The number of nitrogens with one attached hydrogen (secondary N) is 1. The fourth-order valence-electron chi connectivity index (χ4n) is 1.54. The Morgan fingerprint density at radius 3 is 2.67 bits per heavy atom. The van der Waals surface area contributed by atoms with Gasteiger partial charge in [-0.05, 0) is 26.0 Å². The zero-order valence-corrected chi connectivity index (χ0v) is 13.7. The third-order valence-corrected chi connectivity index (χ3v) is 5.26. The van der Waals surface area contributed by atoms with Gasteiger partial charge in [-0.3, -0.25) is 9.59 Å². The molecule has 0 aliphatic heterocycles. The van der Waals surface area contributed by atoms with Gasteiger partial charge in [0, 0.05) is 11.4 Å². The van der Waals surface area contributed by atoms with Crippen LogP contribution in [0.4, 0.5) is 0 Å². The Bertz CT molecular complexity index is 668. The van der Waals surface area contributed by atoms with Gasteiger partial charge in [-0.2, -0.15) is 0 Å². The lowest BCUT2D eigenvalue weighted by Crippen LogP contribution is -2.40. The topological polar surface area (TPSA) is 79.3 Å². The first kappa shape index (κ1) is 15.9. The number of carboxylic acids is 1. The number of halogens is 1. The highest BCUT2D eigenvalue weighted by Crippen LogP contribution is 2.32. The number of hydrogen-bond donors (Lipinski definition) is 2. The van der Waals surface area contributed by atoms with E-state index < -0.39 is 17.9 Å². The van der Waals surface area contributed by atoms with Crippen molar-refractivity contribution in [1.29, 1.82) is 0 Å². The molecule has 0 radical (unpaired) electrons. The molecule has 2 rings (SSSR count). The number of thiazole rings is 1. The van der Waals surface area contributed by atoms with Crippen LogP contribution in [0.15, 0.2) is 17.5 Å². The SMILES string of the molecule is CC(NC(=O)c1csc(-c2ccc(Cl)s2)n1)C(C)C(=O)O. The number of carboxylic acid groups (broad SMARTS) is 1. The Morgan fingerprint density at radius 1 is 1.38 bits per heavy atom. The van der Waals surface area contributed by atoms with E-state index in [0.717, 1.165) is 9.88 Å². The van der Waals surface area contributed by atoms with E-state index in [-0.39, 0.29) is 11.6 Å². The highest BCUT2D eigenvalue weighted by Gasteiger charge is 2.22. The Hall–Kier alpha value is -1.44. The summed E-state index contributed by atoms with van der Waals surface area (Å²) in [5.41, 5.74) is 0.281. The number of carbonyl (C=O) groups excluding carboxylic acids is 1. The molecule has 0 aliphatic rings. The minimum Gasteiger partial charge on any atom is -0.481 e. The third kappa shape index (κ3) is 3.81. The molecule has 0 fully saturated rings. The lowest BCUT2D eigenvalue weighted by Gasteiger charge is -2.16. The highest BCUT2D eigenvalue weighted by atomic mass is 35.5. The van der Waals surface area contributed by atoms with Crippen molar-refractivity contribution in [3.05, 3.63) is 27.5 Å². The summed E-state index contributed by atoms with van der Waals surface area (Å²) in [5.74, 6) is -1.99. The predicted octanol–water partition coefficient (Wildman–Crippen LogP) is 3.36. The van der Waals surface area contributed by atoms with E-state index in [1.54, 1.807) is 25.3 Å². The molecular weight excluding hydrogens is 332 g/mol. The summed E-state index contributed by atoms with van der Waals surface area (Å²) < 4.78 is 0.662. The summed E-state index contributed by atoms with van der Waals surface area (Å²) in [6.45, 7) is 3.20. The second-order valence-electron chi connectivity index (χ2n) is 4.53. The first-order chi connectivity index (χ1) is 9.88. The molecule has 21 heavy (non-hydrogen) atoms. The monoisotopic (exact) mass is 344 g/mol. The summed E-state index contributed by atoms with van der Waals surface area (Å²) >= 11 is 8.62. The molecule has 0 bridgehead atoms. The molecule has 112 valence electrons. The van der Waals surface area contributed by atoms with Gasteiger partial charge in [0.1, 0.15) is 10.7 Å². The van der Waals surface area contributed by atoms with Crippen molar-refractivity contribution in [3.63, 3.8) is 0 Å². The molecule has 0 aliphatic carbocycles. The molecule has 0 spiro atoms. The molecule has 2 aromatic heterocycles. The smallest absolute Gasteiger partial charge is 0.308 e. The average Bonchev–Trinajstić information content (AvgIpc) is 3.05. The van der Waals surface area contributed by atoms with Crippen LogP contribution in [-0.4, -0.2) is 28.0 Å². The molecule has 0 saturated heterocycles. The van der Waals surface area contributed by atoms with Gasteiger partial charge in [-0.15, -0.1) is 22.7 Å². The van der Waals surface area contributed by atoms with Gasteiger partial charge >= 0.3 is 5.97 Å². The largest absolute Gasteiger partial charge is 0.481 e. The first-order valence-electron chi connectivity index (χ1n) is 6.13. The summed E-state index contributed by atoms with van der Waals surface area (Å²) in [5, 5.41) is 13.9. The molecule has 2 heterocycles. The molecule has 0 saturated carbocycles. The summed E-state index contributed by atoms with van der Waals surface area (Å²) in [6.07, 6.45) is 0. The van der Waals surface area contributed by atoms with Crippen molar-refractivity contribution >= 4 is 46.2 Å². The van der Waals surface area contributed by atoms with Crippen molar-refractivity contribution in [2.24, 2.45) is 5.92 Å². The Labute approximate surface area is 134 Å². The molecule has 2 aromatic rings. The predicted molar refractivity (Wildman–Crippen MR) is 84.2 cm³/mol. The van der Waals surface area contributed by atoms with Gasteiger partial charge in [0.05, 0.1) is 15.1 Å². The number of thiophene rings is 1. The second kappa shape index (κ2) is 6.55. The Kier molecular flexibility index (Phi) is 4.97. The summed E-state index contributed by atoms with van der Waals surface area (Å²) in [6, 6.07) is 3.15. The number of hydrogen-bond acceptors (Lipinski definition) is 5. The maximum atomic E-state index is 12.0. The Balaban J connectivity index is 2.07. The van der Waals surface area contributed by atoms with E-state index in [1.807, 2.05) is 6.07 Å². The van der Waals surface area contributed by atoms with Gasteiger partial charge in [0.15, 0.2) is 0 Å². The molecule has 5 nitrogen and oxygen atoms in total. The number of rotatable bonds is 5. The average molecular weight is 345 g/mol. The van der Waals surface area contributed by atoms with Crippen LogP contribution in [-0.2, 0) is 4.79 Å². The van der Waals surface area contributed by atoms with Crippen LogP contribution in [0.2, 0.25) is 4.34 Å². The van der Waals surface area contributed by atoms with Crippen molar-refractivity contribution in [3.8, 4) is 9.88 Å². The lowest BCUT2D eigenvalue weighted by atomic mass is 10.0. The summed E-state index contributed by atoms with van der Waals surface area (Å²) in [4.78, 5) is 28.1. The standard InChI is InChI=1S/C13H13ClN2O3S2/c1-6(13(18)19)7(2)15-11(17)8-5-20-12(16-8)9-3-4-10(14)21-9/h3-7H,1-2H3,(H,15,17)(H,18,19). The molecule has 2 atom stereocenters. The van der Waals surface area contributed by atoms with Gasteiger partial charge < -0.3 is 10.4 Å². The fourth-order valence-corrected chi connectivity index (χ4v) is 3.46. The summed E-state index contributed by atoms with van der Waals surface area (Å²) in [7, 11) is 0. The number of nitrogens with zero attached hydrogens (tertiary/aromatic N) is 1. The Morgan fingerprint density at radius 2 is 2.10 bits per heavy atom. The van der Waals surface area contributed by atoms with Crippen molar-refractivity contribution in [2.75, 3.05) is 0 Å². The fraction of sp³-hybridized carbons (Fsp3) is 0.308. The zero-order chi connectivity index (χ0) is 15.6. The van der Waals surface area contributed by atoms with Crippen LogP contribution in [0.25, 0.3) is 9.88 Å². The van der Waals surface area contributed by atoms with Crippen LogP contribution >= 0.6 is 34.3 Å². The van der Waals surface area contributed by atoms with Crippen molar-refractivity contribution < 1.29 is 14.7 Å². The molecule has 8 heteroatoms. The van der Waals surface area contributed by atoms with Crippen molar-refractivity contribution in [1.82, 2.24) is 10.3 Å².